The molecule has 2 amide bonds. The number of sulfonamides is 1. The van der Waals surface area contributed by atoms with Gasteiger partial charge in [0.2, 0.25) is 11.8 Å². The molecular formula is C33H32Cl3N3O4S. The van der Waals surface area contributed by atoms with Gasteiger partial charge in [-0.3, -0.25) is 13.9 Å². The first kappa shape index (κ1) is 33.3. The van der Waals surface area contributed by atoms with Crippen molar-refractivity contribution in [1.82, 2.24) is 10.2 Å². The van der Waals surface area contributed by atoms with Gasteiger partial charge in [-0.05, 0) is 73.5 Å². The molecule has 1 N–H and O–H groups in total. The summed E-state index contributed by atoms with van der Waals surface area (Å²) in [5.41, 5.74) is 1.74. The Morgan fingerprint density at radius 1 is 0.773 bits per heavy atom. The van der Waals surface area contributed by atoms with Gasteiger partial charge < -0.3 is 10.2 Å². The lowest BCUT2D eigenvalue weighted by Crippen LogP contribution is -2.54. The summed E-state index contributed by atoms with van der Waals surface area (Å²) >= 11 is 18.5. The Morgan fingerprint density at radius 2 is 1.39 bits per heavy atom. The predicted molar refractivity (Wildman–Crippen MR) is 177 cm³/mol. The maximum absolute atomic E-state index is 14.4. The highest BCUT2D eigenvalue weighted by atomic mass is 35.5. The third-order valence-electron chi connectivity index (χ3n) is 6.76. The standard InChI is InChI=1S/C33H32Cl3N3O4S/c1-23(2)37-33(41)31(20-24-9-5-3-6-10-24)38(21-25-13-18-29(35)30(36)19-25)32(40)22-39(27-11-7-4-8-12-27)44(42,43)28-16-14-26(34)15-17-28/h3-19,23,31H,20-22H2,1-2H3,(H,37,41)/t31-/m0/s1. The van der Waals surface area contributed by atoms with Crippen LogP contribution in [0.3, 0.4) is 0 Å². The van der Waals surface area contributed by atoms with E-state index in [1.54, 1.807) is 48.5 Å². The SMILES string of the molecule is CC(C)NC(=O)[C@H](Cc1ccccc1)N(Cc1ccc(Cl)c(Cl)c1)C(=O)CN(c1ccccc1)S(=O)(=O)c1ccc(Cl)cc1. The fourth-order valence-electron chi connectivity index (χ4n) is 4.63. The van der Waals surface area contributed by atoms with Crippen LogP contribution in [-0.2, 0) is 32.6 Å². The fraction of sp³-hybridized carbons (Fsp3) is 0.212. The normalized spacial score (nSPS) is 12.0. The Hall–Kier alpha value is -3.56. The molecule has 11 heteroatoms. The van der Waals surface area contributed by atoms with Crippen LogP contribution in [0, 0.1) is 0 Å². The van der Waals surface area contributed by atoms with Gasteiger partial charge in [0.05, 0.1) is 20.6 Å². The summed E-state index contributed by atoms with van der Waals surface area (Å²) in [6.07, 6.45) is 0.196. The molecular weight excluding hydrogens is 641 g/mol. The van der Waals surface area contributed by atoms with Crippen LogP contribution in [0.25, 0.3) is 0 Å². The van der Waals surface area contributed by atoms with Crippen molar-refractivity contribution in [1.29, 1.82) is 0 Å². The van der Waals surface area contributed by atoms with Gasteiger partial charge in [0.25, 0.3) is 10.0 Å². The zero-order valence-corrected chi connectivity index (χ0v) is 27.2. The van der Waals surface area contributed by atoms with E-state index in [9.17, 15) is 18.0 Å². The molecule has 4 aromatic rings. The van der Waals surface area contributed by atoms with Gasteiger partial charge in [0.1, 0.15) is 12.6 Å². The molecule has 1 atom stereocenters. The van der Waals surface area contributed by atoms with Gasteiger partial charge in [0, 0.05) is 24.0 Å². The highest BCUT2D eigenvalue weighted by Gasteiger charge is 2.34. The summed E-state index contributed by atoms with van der Waals surface area (Å²) in [6.45, 7) is 3.07. The number of amides is 2. The number of benzene rings is 4. The molecule has 0 saturated carbocycles. The molecule has 0 aliphatic rings. The molecule has 0 fully saturated rings. The monoisotopic (exact) mass is 671 g/mol. The molecule has 0 saturated heterocycles. The second kappa shape index (κ2) is 14.9. The Kier molecular flexibility index (Phi) is 11.3. The second-order valence-corrected chi connectivity index (χ2v) is 13.6. The van der Waals surface area contributed by atoms with Crippen LogP contribution in [0.4, 0.5) is 5.69 Å². The average Bonchev–Trinajstić information content (AvgIpc) is 3.00. The van der Waals surface area contributed by atoms with E-state index in [1.807, 2.05) is 44.2 Å². The Balaban J connectivity index is 1.80. The summed E-state index contributed by atoms with van der Waals surface area (Å²) in [6, 6.07) is 27.2. The van der Waals surface area contributed by atoms with Gasteiger partial charge in [0.15, 0.2) is 0 Å². The van der Waals surface area contributed by atoms with Crippen LogP contribution < -0.4 is 9.62 Å². The van der Waals surface area contributed by atoms with Crippen molar-refractivity contribution in [3.63, 3.8) is 0 Å². The van der Waals surface area contributed by atoms with E-state index in [1.165, 1.54) is 29.2 Å². The van der Waals surface area contributed by atoms with Crippen LogP contribution in [0.2, 0.25) is 15.1 Å². The quantitative estimate of drug-likeness (QED) is 0.176. The minimum Gasteiger partial charge on any atom is -0.352 e. The van der Waals surface area contributed by atoms with Crippen LogP contribution in [0.15, 0.2) is 108 Å². The maximum atomic E-state index is 14.4. The molecule has 4 aromatic carbocycles. The first-order valence-electron chi connectivity index (χ1n) is 13.9. The molecule has 0 unspecified atom stereocenters. The number of halogens is 3. The van der Waals surface area contributed by atoms with E-state index in [0.717, 1.165) is 9.87 Å². The van der Waals surface area contributed by atoms with Gasteiger partial charge in [-0.2, -0.15) is 0 Å². The average molecular weight is 673 g/mol. The Labute approximate surface area is 273 Å². The largest absolute Gasteiger partial charge is 0.352 e. The van der Waals surface area contributed by atoms with Gasteiger partial charge in [-0.25, -0.2) is 8.42 Å². The molecule has 0 heterocycles. The lowest BCUT2D eigenvalue weighted by molar-refractivity contribution is -0.140. The van der Waals surface area contributed by atoms with Crippen LogP contribution in [0.1, 0.15) is 25.0 Å². The summed E-state index contributed by atoms with van der Waals surface area (Å²) in [5.74, 6) is -0.957. The highest BCUT2D eigenvalue weighted by Crippen LogP contribution is 2.27. The lowest BCUT2D eigenvalue weighted by Gasteiger charge is -2.34. The zero-order chi connectivity index (χ0) is 31.9. The topological polar surface area (TPSA) is 86.8 Å². The number of hydrogen-bond acceptors (Lipinski definition) is 4. The smallest absolute Gasteiger partial charge is 0.264 e. The molecule has 0 aliphatic carbocycles. The third-order valence-corrected chi connectivity index (χ3v) is 9.54. The first-order valence-corrected chi connectivity index (χ1v) is 16.4. The van der Waals surface area contributed by atoms with Crippen molar-refractivity contribution in [3.8, 4) is 0 Å². The third kappa shape index (κ3) is 8.54. The molecule has 0 aromatic heterocycles. The number of para-hydroxylation sites is 1. The van der Waals surface area contributed by atoms with E-state index in [4.69, 9.17) is 34.8 Å². The van der Waals surface area contributed by atoms with Crippen LogP contribution >= 0.6 is 34.8 Å². The van der Waals surface area contributed by atoms with E-state index in [0.29, 0.717) is 20.6 Å². The molecule has 0 aliphatic heterocycles. The maximum Gasteiger partial charge on any atom is 0.264 e. The van der Waals surface area contributed by atoms with Gasteiger partial charge in [-0.15, -0.1) is 0 Å². The van der Waals surface area contributed by atoms with E-state index in [-0.39, 0.29) is 35.5 Å². The second-order valence-electron chi connectivity index (χ2n) is 10.4. The van der Waals surface area contributed by atoms with Crippen LogP contribution in [-0.4, -0.2) is 43.8 Å². The van der Waals surface area contributed by atoms with E-state index >= 15 is 0 Å². The summed E-state index contributed by atoms with van der Waals surface area (Å²) in [4.78, 5) is 29.5. The van der Waals surface area contributed by atoms with Crippen molar-refractivity contribution >= 4 is 62.3 Å². The number of anilines is 1. The molecule has 0 spiro atoms. The Bertz CT molecular complexity index is 1690. The summed E-state index contributed by atoms with van der Waals surface area (Å²) in [7, 11) is -4.22. The molecule has 230 valence electrons. The number of carbonyl (C=O) groups excluding carboxylic acids is 2. The van der Waals surface area contributed by atoms with E-state index in [2.05, 4.69) is 5.32 Å². The number of rotatable bonds is 12. The molecule has 44 heavy (non-hydrogen) atoms. The predicted octanol–water partition coefficient (Wildman–Crippen LogP) is 7.01. The number of nitrogens with zero attached hydrogens (tertiary/aromatic N) is 2. The van der Waals surface area contributed by atoms with Crippen LogP contribution in [0.5, 0.6) is 0 Å². The van der Waals surface area contributed by atoms with Crippen molar-refractivity contribution < 1.29 is 18.0 Å². The molecule has 0 bridgehead atoms. The minimum absolute atomic E-state index is 0.0254. The first-order chi connectivity index (χ1) is 21.0. The molecule has 7 nitrogen and oxygen atoms in total. The minimum atomic E-state index is -4.22. The van der Waals surface area contributed by atoms with Crippen molar-refractivity contribution in [2.75, 3.05) is 10.8 Å². The van der Waals surface area contributed by atoms with Crippen molar-refractivity contribution in [2.45, 2.75) is 43.8 Å². The van der Waals surface area contributed by atoms with Crippen molar-refractivity contribution in [2.24, 2.45) is 0 Å². The Morgan fingerprint density at radius 3 is 1.98 bits per heavy atom. The summed E-state index contributed by atoms with van der Waals surface area (Å²) in [5, 5.41) is 3.94. The lowest BCUT2D eigenvalue weighted by atomic mass is 10.0. The number of nitrogens with one attached hydrogen (secondary N) is 1. The fourth-order valence-corrected chi connectivity index (χ4v) is 6.49. The number of carbonyl (C=O) groups is 2. The van der Waals surface area contributed by atoms with Crippen molar-refractivity contribution in [3.05, 3.63) is 129 Å². The molecule has 4 rings (SSSR count). The summed E-state index contributed by atoms with van der Waals surface area (Å²) < 4.78 is 29.0. The van der Waals surface area contributed by atoms with Gasteiger partial charge >= 0.3 is 0 Å². The molecule has 0 radical (unpaired) electrons. The van der Waals surface area contributed by atoms with E-state index < -0.39 is 28.5 Å². The zero-order valence-electron chi connectivity index (χ0n) is 24.2. The van der Waals surface area contributed by atoms with Gasteiger partial charge in [-0.1, -0.05) is 89.4 Å². The highest BCUT2D eigenvalue weighted by molar-refractivity contribution is 7.92. The number of hydrogen-bond donors (Lipinski definition) is 1.